The first kappa shape index (κ1) is 21.2. The number of carbonyl (C=O) groups excluding carboxylic acids is 1. The van der Waals surface area contributed by atoms with Crippen LogP contribution in [0.1, 0.15) is 40.7 Å². The summed E-state index contributed by atoms with van der Waals surface area (Å²) in [6, 6.07) is 8.34. The second-order valence-corrected chi connectivity index (χ2v) is 8.66. The molecule has 1 aliphatic rings. The highest BCUT2D eigenvalue weighted by atomic mass is 32.2. The van der Waals surface area contributed by atoms with Gasteiger partial charge in [0.15, 0.2) is 0 Å². The number of nitrogens with zero attached hydrogens (tertiary/aromatic N) is 1. The van der Waals surface area contributed by atoms with Crippen molar-refractivity contribution in [2.45, 2.75) is 37.3 Å². The van der Waals surface area contributed by atoms with Crippen LogP contribution in [0.3, 0.4) is 0 Å². The molecular formula is C20H21F3N2O3S. The molecule has 0 saturated carbocycles. The van der Waals surface area contributed by atoms with Gasteiger partial charge in [0, 0.05) is 18.7 Å². The third-order valence-corrected chi connectivity index (χ3v) is 6.23. The SMILES string of the molecule is Cc1ccc(S(=O)(=O)Nc2ccccc2C(F)(F)F)cc1C(=O)N1CCCCC1. The molecule has 0 aliphatic carbocycles. The van der Waals surface area contributed by atoms with Gasteiger partial charge in [-0.15, -0.1) is 0 Å². The molecule has 2 aromatic carbocycles. The fraction of sp³-hybridized carbons (Fsp3) is 0.350. The van der Waals surface area contributed by atoms with Crippen LogP contribution in [0.25, 0.3) is 0 Å². The van der Waals surface area contributed by atoms with Crippen LogP contribution in [0.15, 0.2) is 47.4 Å². The highest BCUT2D eigenvalue weighted by Gasteiger charge is 2.34. The van der Waals surface area contributed by atoms with Gasteiger partial charge in [-0.05, 0) is 56.0 Å². The van der Waals surface area contributed by atoms with Gasteiger partial charge in [0.05, 0.1) is 16.1 Å². The molecule has 1 N–H and O–H groups in total. The fourth-order valence-corrected chi connectivity index (χ4v) is 4.39. The van der Waals surface area contributed by atoms with Crippen molar-refractivity contribution in [2.75, 3.05) is 17.8 Å². The van der Waals surface area contributed by atoms with Crippen molar-refractivity contribution >= 4 is 21.6 Å². The molecule has 1 fully saturated rings. The van der Waals surface area contributed by atoms with Crippen LogP contribution in [-0.4, -0.2) is 32.3 Å². The minimum Gasteiger partial charge on any atom is -0.339 e. The molecule has 1 heterocycles. The highest BCUT2D eigenvalue weighted by Crippen LogP contribution is 2.35. The average molecular weight is 426 g/mol. The van der Waals surface area contributed by atoms with E-state index in [1.807, 2.05) is 4.72 Å². The molecule has 1 amide bonds. The molecule has 0 atom stereocenters. The predicted molar refractivity (Wildman–Crippen MR) is 103 cm³/mol. The Morgan fingerprint density at radius 3 is 2.34 bits per heavy atom. The van der Waals surface area contributed by atoms with Crippen LogP contribution < -0.4 is 4.72 Å². The van der Waals surface area contributed by atoms with Crippen LogP contribution in [-0.2, 0) is 16.2 Å². The highest BCUT2D eigenvalue weighted by molar-refractivity contribution is 7.92. The summed E-state index contributed by atoms with van der Waals surface area (Å²) in [5.41, 5.74) is -0.807. The van der Waals surface area contributed by atoms with Crippen LogP contribution in [0.4, 0.5) is 18.9 Å². The van der Waals surface area contributed by atoms with Crippen LogP contribution in [0, 0.1) is 6.92 Å². The number of nitrogens with one attached hydrogen (secondary N) is 1. The van der Waals surface area contributed by atoms with E-state index >= 15 is 0 Å². The summed E-state index contributed by atoms with van der Waals surface area (Å²) >= 11 is 0. The second-order valence-electron chi connectivity index (χ2n) is 6.98. The standard InChI is InChI=1S/C20H21F3N2O3S/c1-14-9-10-15(13-16(14)19(26)25-11-5-2-6-12-25)29(27,28)24-18-8-4-3-7-17(18)20(21,22)23/h3-4,7-10,13,24H,2,5-6,11-12H2,1H3. The lowest BCUT2D eigenvalue weighted by Crippen LogP contribution is -2.36. The maximum atomic E-state index is 13.2. The molecule has 3 rings (SSSR count). The van der Waals surface area contributed by atoms with Gasteiger partial charge in [0.2, 0.25) is 0 Å². The number of carbonyl (C=O) groups is 1. The maximum Gasteiger partial charge on any atom is 0.418 e. The summed E-state index contributed by atoms with van der Waals surface area (Å²) < 4.78 is 67.0. The van der Waals surface area contributed by atoms with Crippen molar-refractivity contribution in [3.05, 3.63) is 59.2 Å². The van der Waals surface area contributed by atoms with Gasteiger partial charge in [-0.3, -0.25) is 9.52 Å². The first-order valence-electron chi connectivity index (χ1n) is 9.18. The van der Waals surface area contributed by atoms with Crippen molar-refractivity contribution in [2.24, 2.45) is 0 Å². The van der Waals surface area contributed by atoms with Crippen molar-refractivity contribution in [1.82, 2.24) is 4.90 Å². The minimum absolute atomic E-state index is 0.235. The summed E-state index contributed by atoms with van der Waals surface area (Å²) in [6.45, 7) is 2.90. The van der Waals surface area contributed by atoms with Crippen LogP contribution in [0.2, 0.25) is 0 Å². The van der Waals surface area contributed by atoms with E-state index in [1.54, 1.807) is 11.8 Å². The van der Waals surface area contributed by atoms with E-state index in [-0.39, 0.29) is 16.4 Å². The Morgan fingerprint density at radius 2 is 1.69 bits per heavy atom. The Hall–Kier alpha value is -2.55. The molecule has 5 nitrogen and oxygen atoms in total. The van der Waals surface area contributed by atoms with Gasteiger partial charge in [0.1, 0.15) is 0 Å². The molecule has 0 spiro atoms. The second kappa shape index (κ2) is 8.06. The van der Waals surface area contributed by atoms with E-state index in [0.717, 1.165) is 31.4 Å². The van der Waals surface area contributed by atoms with E-state index in [0.29, 0.717) is 18.7 Å². The number of sulfonamides is 1. The van der Waals surface area contributed by atoms with Crippen molar-refractivity contribution < 1.29 is 26.4 Å². The van der Waals surface area contributed by atoms with E-state index < -0.39 is 27.5 Å². The Bertz CT molecular complexity index is 1010. The third kappa shape index (κ3) is 4.72. The average Bonchev–Trinajstić information content (AvgIpc) is 2.67. The molecule has 9 heteroatoms. The van der Waals surface area contributed by atoms with Crippen molar-refractivity contribution in [3.8, 4) is 0 Å². The predicted octanol–water partition coefficient (Wildman–Crippen LogP) is 4.44. The number of piperidine rings is 1. The number of anilines is 1. The lowest BCUT2D eigenvalue weighted by Gasteiger charge is -2.27. The van der Waals surface area contributed by atoms with Gasteiger partial charge >= 0.3 is 6.18 Å². The Balaban J connectivity index is 1.93. The van der Waals surface area contributed by atoms with Crippen molar-refractivity contribution in [1.29, 1.82) is 0 Å². The molecule has 1 saturated heterocycles. The zero-order valence-corrected chi connectivity index (χ0v) is 16.6. The molecule has 1 aliphatic heterocycles. The Labute approximate surface area is 167 Å². The minimum atomic E-state index is -4.71. The third-order valence-electron chi connectivity index (χ3n) is 4.87. The summed E-state index contributed by atoms with van der Waals surface area (Å²) in [4.78, 5) is 14.2. The monoisotopic (exact) mass is 426 g/mol. The van der Waals surface area contributed by atoms with Gasteiger partial charge in [-0.1, -0.05) is 18.2 Å². The fourth-order valence-electron chi connectivity index (χ4n) is 3.29. The molecule has 0 unspecified atom stereocenters. The van der Waals surface area contributed by atoms with Gasteiger partial charge in [0.25, 0.3) is 15.9 Å². The Morgan fingerprint density at radius 1 is 1.03 bits per heavy atom. The number of halogens is 3. The number of para-hydroxylation sites is 1. The van der Waals surface area contributed by atoms with Crippen LogP contribution >= 0.6 is 0 Å². The van der Waals surface area contributed by atoms with Gasteiger partial charge in [-0.2, -0.15) is 13.2 Å². The van der Waals surface area contributed by atoms with E-state index in [9.17, 15) is 26.4 Å². The molecule has 0 bridgehead atoms. The zero-order valence-electron chi connectivity index (χ0n) is 15.8. The summed E-state index contributed by atoms with van der Waals surface area (Å²) in [5, 5.41) is 0. The first-order chi connectivity index (χ1) is 13.6. The van der Waals surface area contributed by atoms with Gasteiger partial charge < -0.3 is 4.90 Å². The van der Waals surface area contributed by atoms with E-state index in [2.05, 4.69) is 0 Å². The van der Waals surface area contributed by atoms with Gasteiger partial charge in [-0.25, -0.2) is 8.42 Å². The lowest BCUT2D eigenvalue weighted by molar-refractivity contribution is -0.136. The molecule has 0 radical (unpaired) electrons. The molecule has 2 aromatic rings. The van der Waals surface area contributed by atoms with Crippen molar-refractivity contribution in [3.63, 3.8) is 0 Å². The molecular weight excluding hydrogens is 405 g/mol. The summed E-state index contributed by atoms with van der Waals surface area (Å²) in [7, 11) is -4.32. The number of aryl methyl sites for hydroxylation is 1. The molecule has 156 valence electrons. The Kier molecular flexibility index (Phi) is 5.88. The molecule has 29 heavy (non-hydrogen) atoms. The lowest BCUT2D eigenvalue weighted by atomic mass is 10.1. The van der Waals surface area contributed by atoms with E-state index in [1.165, 1.54) is 30.3 Å². The normalized spacial score (nSPS) is 15.2. The number of likely N-dealkylation sites (tertiary alicyclic amines) is 1. The number of rotatable bonds is 4. The topological polar surface area (TPSA) is 66.5 Å². The number of hydrogen-bond donors (Lipinski definition) is 1. The van der Waals surface area contributed by atoms with E-state index in [4.69, 9.17) is 0 Å². The number of benzene rings is 2. The first-order valence-corrected chi connectivity index (χ1v) is 10.7. The number of alkyl halides is 3. The molecule has 0 aromatic heterocycles. The largest absolute Gasteiger partial charge is 0.418 e. The number of amides is 1. The number of hydrogen-bond acceptors (Lipinski definition) is 3. The zero-order chi connectivity index (χ0) is 21.2. The maximum absolute atomic E-state index is 13.2. The quantitative estimate of drug-likeness (QED) is 0.786. The summed E-state index contributed by atoms with van der Waals surface area (Å²) in [6.07, 6.45) is -1.89. The van der Waals surface area contributed by atoms with Crippen LogP contribution in [0.5, 0.6) is 0 Å². The smallest absolute Gasteiger partial charge is 0.339 e. The summed E-state index contributed by atoms with van der Waals surface area (Å²) in [5.74, 6) is -0.269.